The lowest BCUT2D eigenvalue weighted by Crippen LogP contribution is -2.59. The molecule has 1 aromatic carbocycles. The monoisotopic (exact) mass is 406 g/mol. The van der Waals surface area contributed by atoms with E-state index in [-0.39, 0.29) is 53.0 Å². The summed E-state index contributed by atoms with van der Waals surface area (Å²) in [5, 5.41) is 8.74. The molecule has 3 rings (SSSR count). The van der Waals surface area contributed by atoms with E-state index in [0.717, 1.165) is 12.5 Å². The molecule has 1 heterocycles. The van der Waals surface area contributed by atoms with E-state index in [1.807, 2.05) is 20.8 Å². The Hall–Kier alpha value is -2.00. The van der Waals surface area contributed by atoms with Crippen molar-refractivity contribution >= 4 is 18.1 Å². The molecule has 1 aliphatic carbocycles. The van der Waals surface area contributed by atoms with Gasteiger partial charge in [-0.05, 0) is 42.9 Å². The molecule has 1 unspecified atom stereocenters. The first-order chi connectivity index (χ1) is 12.0. The number of nitrogens with zero attached hydrogens (tertiary/aromatic N) is 1. The number of halogens is 4. The van der Waals surface area contributed by atoms with Crippen LogP contribution >= 0.6 is 12.4 Å². The molecule has 1 saturated carbocycles. The zero-order chi connectivity index (χ0) is 19.3. The summed E-state index contributed by atoms with van der Waals surface area (Å²) in [6.45, 7) is 5.88. The van der Waals surface area contributed by atoms with Crippen LogP contribution in [-0.4, -0.2) is 22.3 Å². The Kier molecular flexibility index (Phi) is 5.68. The summed E-state index contributed by atoms with van der Waals surface area (Å²) in [6, 6.07) is 3.29. The normalized spacial score (nSPS) is 22.5. The number of hydrogen-bond donors (Lipinski definition) is 3. The Bertz CT molecular complexity index is 862. The maximum atomic E-state index is 13.4. The second-order valence-electron chi connectivity index (χ2n) is 7.38. The van der Waals surface area contributed by atoms with Crippen LogP contribution in [0.5, 0.6) is 0 Å². The molecule has 1 aromatic heterocycles. The van der Waals surface area contributed by atoms with E-state index in [0.29, 0.717) is 0 Å². The molecule has 0 radical (unpaired) electrons. The van der Waals surface area contributed by atoms with Crippen LogP contribution in [0.15, 0.2) is 27.4 Å². The highest BCUT2D eigenvalue weighted by atomic mass is 35.5. The summed E-state index contributed by atoms with van der Waals surface area (Å²) < 4.78 is 45.0. The SMILES string of the molecule is CC(Nc1cc(-c2n[nH]c(=O)o2)ccc1C(F)(F)F)[C@H]1C[C@@H](N)C1(C)C.Cl. The predicted molar refractivity (Wildman–Crippen MR) is 97.8 cm³/mol. The number of aromatic nitrogens is 2. The van der Waals surface area contributed by atoms with Crippen molar-refractivity contribution in [2.24, 2.45) is 17.1 Å². The molecule has 150 valence electrons. The van der Waals surface area contributed by atoms with Crippen molar-refractivity contribution < 1.29 is 17.6 Å². The fourth-order valence-corrected chi connectivity index (χ4v) is 3.59. The van der Waals surface area contributed by atoms with E-state index in [1.165, 1.54) is 12.1 Å². The van der Waals surface area contributed by atoms with Gasteiger partial charge in [0.2, 0.25) is 5.89 Å². The fraction of sp³-hybridized carbons (Fsp3) is 0.529. The van der Waals surface area contributed by atoms with Crippen LogP contribution < -0.4 is 16.8 Å². The van der Waals surface area contributed by atoms with Crippen molar-refractivity contribution in [3.63, 3.8) is 0 Å². The van der Waals surface area contributed by atoms with Crippen molar-refractivity contribution in [3.05, 3.63) is 34.3 Å². The maximum absolute atomic E-state index is 13.4. The molecule has 0 spiro atoms. The third-order valence-corrected chi connectivity index (χ3v) is 5.42. The zero-order valence-corrected chi connectivity index (χ0v) is 15.9. The van der Waals surface area contributed by atoms with Gasteiger partial charge in [0.1, 0.15) is 0 Å². The number of nitrogens with two attached hydrogens (primary N) is 1. The van der Waals surface area contributed by atoms with Crippen molar-refractivity contribution in [1.82, 2.24) is 10.2 Å². The van der Waals surface area contributed by atoms with Crippen LogP contribution in [0.4, 0.5) is 18.9 Å². The average molecular weight is 407 g/mol. The van der Waals surface area contributed by atoms with Gasteiger partial charge in [-0.15, -0.1) is 17.5 Å². The van der Waals surface area contributed by atoms with Crippen LogP contribution in [-0.2, 0) is 6.18 Å². The highest BCUT2D eigenvalue weighted by Crippen LogP contribution is 2.48. The summed E-state index contributed by atoms with van der Waals surface area (Å²) >= 11 is 0. The highest BCUT2D eigenvalue weighted by Gasteiger charge is 2.48. The van der Waals surface area contributed by atoms with Gasteiger partial charge in [-0.2, -0.15) is 13.2 Å². The Balaban J connectivity index is 0.00000261. The summed E-state index contributed by atoms with van der Waals surface area (Å²) in [7, 11) is 0. The van der Waals surface area contributed by atoms with Crippen LogP contribution in [0.25, 0.3) is 11.5 Å². The summed E-state index contributed by atoms with van der Waals surface area (Å²) in [5.41, 5.74) is 5.27. The fourth-order valence-electron chi connectivity index (χ4n) is 3.59. The Labute approximate surface area is 160 Å². The lowest BCUT2D eigenvalue weighted by Gasteiger charge is -2.53. The smallest absolute Gasteiger partial charge is 0.388 e. The first-order valence-corrected chi connectivity index (χ1v) is 8.29. The molecular weight excluding hydrogens is 385 g/mol. The molecular formula is C17H22ClF3N4O2. The Morgan fingerprint density at radius 3 is 2.56 bits per heavy atom. The molecule has 6 nitrogen and oxygen atoms in total. The van der Waals surface area contributed by atoms with Crippen molar-refractivity contribution in [2.45, 2.75) is 45.5 Å². The molecule has 0 aliphatic heterocycles. The number of H-pyrrole nitrogens is 1. The second-order valence-corrected chi connectivity index (χ2v) is 7.38. The van der Waals surface area contributed by atoms with Gasteiger partial charge in [-0.25, -0.2) is 9.89 Å². The highest BCUT2D eigenvalue weighted by molar-refractivity contribution is 5.85. The van der Waals surface area contributed by atoms with E-state index in [4.69, 9.17) is 10.2 Å². The molecule has 1 fully saturated rings. The number of alkyl halides is 3. The Morgan fingerprint density at radius 1 is 1.41 bits per heavy atom. The quantitative estimate of drug-likeness (QED) is 0.720. The number of anilines is 1. The largest absolute Gasteiger partial charge is 0.434 e. The molecule has 2 aromatic rings. The molecule has 4 N–H and O–H groups in total. The van der Waals surface area contributed by atoms with E-state index in [9.17, 15) is 18.0 Å². The van der Waals surface area contributed by atoms with Crippen molar-refractivity contribution in [1.29, 1.82) is 0 Å². The standard InChI is InChI=1S/C17H21F3N4O2.ClH/c1-8(11-7-13(21)16(11,2)3)22-12-6-9(14-23-24-15(25)26-14)4-5-10(12)17(18,19)20;/h4-6,8,11,13,22H,7,21H2,1-3H3,(H,24,25);1H/t8?,11-,13-;/m1./s1. The number of benzene rings is 1. The van der Waals surface area contributed by atoms with E-state index in [1.54, 1.807) is 0 Å². The van der Waals surface area contributed by atoms with Crippen LogP contribution in [0.1, 0.15) is 32.8 Å². The summed E-state index contributed by atoms with van der Waals surface area (Å²) in [4.78, 5) is 11.1. The minimum atomic E-state index is -4.52. The van der Waals surface area contributed by atoms with E-state index < -0.39 is 17.5 Å². The minimum absolute atomic E-state index is 0. The summed E-state index contributed by atoms with van der Waals surface area (Å²) in [6.07, 6.45) is -3.77. The molecule has 0 saturated heterocycles. The van der Waals surface area contributed by atoms with Gasteiger partial charge in [-0.3, -0.25) is 0 Å². The molecule has 0 bridgehead atoms. The third-order valence-electron chi connectivity index (χ3n) is 5.42. The van der Waals surface area contributed by atoms with Gasteiger partial charge in [0.05, 0.1) is 5.56 Å². The molecule has 10 heteroatoms. The van der Waals surface area contributed by atoms with Gasteiger partial charge < -0.3 is 15.5 Å². The summed E-state index contributed by atoms with van der Waals surface area (Å²) in [5.74, 6) is -0.691. The van der Waals surface area contributed by atoms with Gasteiger partial charge in [0.15, 0.2) is 0 Å². The average Bonchev–Trinajstić information content (AvgIpc) is 2.97. The number of rotatable bonds is 4. The topological polar surface area (TPSA) is 96.9 Å². The maximum Gasteiger partial charge on any atom is 0.434 e. The molecule has 3 atom stereocenters. The lowest BCUT2D eigenvalue weighted by molar-refractivity contribution is -0.137. The molecule has 1 aliphatic rings. The van der Waals surface area contributed by atoms with E-state index >= 15 is 0 Å². The first kappa shape index (κ1) is 21.3. The third kappa shape index (κ3) is 3.98. The zero-order valence-electron chi connectivity index (χ0n) is 15.1. The van der Waals surface area contributed by atoms with Gasteiger partial charge in [-0.1, -0.05) is 13.8 Å². The number of nitrogens with one attached hydrogen (secondary N) is 2. The van der Waals surface area contributed by atoms with Gasteiger partial charge >= 0.3 is 11.9 Å². The number of aromatic amines is 1. The van der Waals surface area contributed by atoms with Crippen LogP contribution in [0.3, 0.4) is 0 Å². The number of hydrogen-bond acceptors (Lipinski definition) is 5. The minimum Gasteiger partial charge on any atom is -0.388 e. The van der Waals surface area contributed by atoms with Crippen molar-refractivity contribution in [2.75, 3.05) is 5.32 Å². The molecule has 27 heavy (non-hydrogen) atoms. The Morgan fingerprint density at radius 2 is 2.07 bits per heavy atom. The lowest BCUT2D eigenvalue weighted by atomic mass is 9.56. The molecule has 0 amide bonds. The van der Waals surface area contributed by atoms with Gasteiger partial charge in [0.25, 0.3) is 0 Å². The van der Waals surface area contributed by atoms with E-state index in [2.05, 4.69) is 15.5 Å². The van der Waals surface area contributed by atoms with Crippen LogP contribution in [0.2, 0.25) is 0 Å². The van der Waals surface area contributed by atoms with Gasteiger partial charge in [0, 0.05) is 23.3 Å². The first-order valence-electron chi connectivity index (χ1n) is 8.29. The van der Waals surface area contributed by atoms with Crippen molar-refractivity contribution in [3.8, 4) is 11.5 Å². The predicted octanol–water partition coefficient (Wildman–Crippen LogP) is 3.64. The second kappa shape index (κ2) is 7.20. The van der Waals surface area contributed by atoms with Crippen LogP contribution in [0, 0.1) is 11.3 Å².